The number of anilines is 1. The van der Waals surface area contributed by atoms with Crippen molar-refractivity contribution in [2.24, 2.45) is 0 Å². The van der Waals surface area contributed by atoms with E-state index in [4.69, 9.17) is 4.74 Å². The number of ether oxygens (including phenoxy) is 1. The Bertz CT molecular complexity index is 417. The maximum absolute atomic E-state index is 10.8. The molecule has 1 aliphatic heterocycles. The van der Waals surface area contributed by atoms with Crippen LogP contribution in [-0.2, 0) is 4.74 Å². The summed E-state index contributed by atoms with van der Waals surface area (Å²) < 4.78 is 5.59. The van der Waals surface area contributed by atoms with E-state index in [1.54, 1.807) is 0 Å². The number of benzene rings is 1. The van der Waals surface area contributed by atoms with E-state index in [2.05, 4.69) is 24.9 Å². The molecule has 92 valence electrons. The van der Waals surface area contributed by atoms with E-state index in [1.807, 2.05) is 19.1 Å². The number of hydrogen-bond acceptors (Lipinski definition) is 3. The predicted molar refractivity (Wildman–Crippen MR) is 68.8 cm³/mol. The highest BCUT2D eigenvalue weighted by molar-refractivity contribution is 5.78. The molecular weight excluding hydrogens is 214 g/mol. The van der Waals surface area contributed by atoms with Crippen LogP contribution in [0.5, 0.6) is 0 Å². The van der Waals surface area contributed by atoms with Crippen LogP contribution in [0.4, 0.5) is 5.69 Å². The fourth-order valence-corrected chi connectivity index (χ4v) is 2.43. The number of rotatable bonds is 3. The first-order chi connectivity index (χ1) is 8.13. The molecule has 0 aromatic heterocycles. The molecule has 1 fully saturated rings. The highest BCUT2D eigenvalue weighted by Crippen LogP contribution is 2.25. The molecule has 2 rings (SSSR count). The molecule has 1 aromatic carbocycles. The molecule has 1 heterocycles. The Morgan fingerprint density at radius 1 is 1.47 bits per heavy atom. The van der Waals surface area contributed by atoms with Gasteiger partial charge in [-0.15, -0.1) is 0 Å². The summed E-state index contributed by atoms with van der Waals surface area (Å²) in [5.74, 6) is 0. The van der Waals surface area contributed by atoms with E-state index in [9.17, 15) is 4.79 Å². The lowest BCUT2D eigenvalue weighted by atomic mass is 10.1. The smallest absolute Gasteiger partial charge is 0.150 e. The largest absolute Gasteiger partial charge is 0.376 e. The SMILES string of the molecule is Cc1cc(N(C)C2CCOC2C)ccc1C=O. The van der Waals surface area contributed by atoms with Gasteiger partial charge in [-0.05, 0) is 44.0 Å². The lowest BCUT2D eigenvalue weighted by Crippen LogP contribution is -2.36. The van der Waals surface area contributed by atoms with Gasteiger partial charge in [0.2, 0.25) is 0 Å². The highest BCUT2D eigenvalue weighted by Gasteiger charge is 2.28. The Hall–Kier alpha value is -1.35. The molecule has 0 spiro atoms. The van der Waals surface area contributed by atoms with E-state index in [0.717, 1.165) is 36.1 Å². The summed E-state index contributed by atoms with van der Waals surface area (Å²) in [5, 5.41) is 0. The second-order valence-corrected chi connectivity index (χ2v) is 4.70. The minimum absolute atomic E-state index is 0.269. The van der Waals surface area contributed by atoms with E-state index < -0.39 is 0 Å². The topological polar surface area (TPSA) is 29.5 Å². The molecule has 1 aliphatic rings. The molecule has 3 nitrogen and oxygen atoms in total. The molecule has 3 heteroatoms. The maximum Gasteiger partial charge on any atom is 0.150 e. The summed E-state index contributed by atoms with van der Waals surface area (Å²) in [6.45, 7) is 4.91. The van der Waals surface area contributed by atoms with Crippen LogP contribution in [-0.4, -0.2) is 32.1 Å². The zero-order valence-corrected chi connectivity index (χ0v) is 10.6. The Morgan fingerprint density at radius 2 is 2.24 bits per heavy atom. The van der Waals surface area contributed by atoms with Crippen LogP contribution in [0.3, 0.4) is 0 Å². The normalized spacial score (nSPS) is 23.7. The van der Waals surface area contributed by atoms with Crippen molar-refractivity contribution in [3.05, 3.63) is 29.3 Å². The third-order valence-electron chi connectivity index (χ3n) is 3.62. The summed E-state index contributed by atoms with van der Waals surface area (Å²) in [4.78, 5) is 13.0. The minimum atomic E-state index is 0.269. The van der Waals surface area contributed by atoms with Gasteiger partial charge in [0.05, 0.1) is 12.1 Å². The van der Waals surface area contributed by atoms with Crippen LogP contribution in [0.1, 0.15) is 29.3 Å². The van der Waals surface area contributed by atoms with Crippen LogP contribution in [0.25, 0.3) is 0 Å². The van der Waals surface area contributed by atoms with Gasteiger partial charge < -0.3 is 9.64 Å². The van der Waals surface area contributed by atoms with Gasteiger partial charge >= 0.3 is 0 Å². The summed E-state index contributed by atoms with van der Waals surface area (Å²) in [5.41, 5.74) is 2.93. The molecule has 0 radical (unpaired) electrons. The van der Waals surface area contributed by atoms with Crippen molar-refractivity contribution < 1.29 is 9.53 Å². The summed E-state index contributed by atoms with van der Waals surface area (Å²) in [6, 6.07) is 6.38. The minimum Gasteiger partial charge on any atom is -0.376 e. The van der Waals surface area contributed by atoms with Crippen LogP contribution in [0.2, 0.25) is 0 Å². The standard InChI is InChI=1S/C14H19NO2/c1-10-8-13(5-4-12(10)9-16)15(3)14-6-7-17-11(14)2/h4-5,8-9,11,14H,6-7H2,1-3H3. The summed E-state index contributed by atoms with van der Waals surface area (Å²) >= 11 is 0. The molecule has 0 N–H and O–H groups in total. The van der Waals surface area contributed by atoms with Gasteiger partial charge in [-0.2, -0.15) is 0 Å². The van der Waals surface area contributed by atoms with Gasteiger partial charge in [0, 0.05) is 24.9 Å². The Labute approximate surface area is 102 Å². The van der Waals surface area contributed by atoms with E-state index in [-0.39, 0.29) is 6.10 Å². The van der Waals surface area contributed by atoms with Crippen molar-refractivity contribution in [1.29, 1.82) is 0 Å². The third kappa shape index (κ3) is 2.34. The van der Waals surface area contributed by atoms with E-state index >= 15 is 0 Å². The molecular formula is C14H19NO2. The van der Waals surface area contributed by atoms with Crippen LogP contribution in [0, 0.1) is 6.92 Å². The zero-order chi connectivity index (χ0) is 12.4. The highest BCUT2D eigenvalue weighted by atomic mass is 16.5. The number of aldehydes is 1. The van der Waals surface area contributed by atoms with Crippen molar-refractivity contribution >= 4 is 12.0 Å². The quantitative estimate of drug-likeness (QED) is 0.751. The average Bonchev–Trinajstić information content (AvgIpc) is 2.74. The van der Waals surface area contributed by atoms with Gasteiger partial charge in [0.25, 0.3) is 0 Å². The molecule has 0 amide bonds. The molecule has 0 bridgehead atoms. The first-order valence-electron chi connectivity index (χ1n) is 6.03. The zero-order valence-electron chi connectivity index (χ0n) is 10.6. The molecule has 0 aliphatic carbocycles. The Balaban J connectivity index is 2.21. The number of hydrogen-bond donors (Lipinski definition) is 0. The van der Waals surface area contributed by atoms with Gasteiger partial charge in [0.1, 0.15) is 6.29 Å². The van der Waals surface area contributed by atoms with Crippen LogP contribution < -0.4 is 4.90 Å². The molecule has 1 saturated heterocycles. The summed E-state index contributed by atoms with van der Waals surface area (Å²) in [7, 11) is 2.09. The number of likely N-dealkylation sites (N-methyl/N-ethyl adjacent to an activating group) is 1. The fraction of sp³-hybridized carbons (Fsp3) is 0.500. The first-order valence-corrected chi connectivity index (χ1v) is 6.03. The van der Waals surface area contributed by atoms with Crippen molar-refractivity contribution in [3.63, 3.8) is 0 Å². The predicted octanol–water partition coefficient (Wildman–Crippen LogP) is 2.42. The first kappa shape index (κ1) is 12.1. The number of aryl methyl sites for hydroxylation is 1. The fourth-order valence-electron chi connectivity index (χ4n) is 2.43. The molecule has 1 aromatic rings. The van der Waals surface area contributed by atoms with Crippen molar-refractivity contribution in [3.8, 4) is 0 Å². The lowest BCUT2D eigenvalue weighted by Gasteiger charge is -2.29. The van der Waals surface area contributed by atoms with Crippen molar-refractivity contribution in [1.82, 2.24) is 0 Å². The van der Waals surface area contributed by atoms with Crippen LogP contribution >= 0.6 is 0 Å². The molecule has 17 heavy (non-hydrogen) atoms. The Morgan fingerprint density at radius 3 is 2.76 bits per heavy atom. The third-order valence-corrected chi connectivity index (χ3v) is 3.62. The number of carbonyl (C=O) groups is 1. The van der Waals surface area contributed by atoms with E-state index in [1.165, 1.54) is 0 Å². The summed E-state index contributed by atoms with van der Waals surface area (Å²) in [6.07, 6.45) is 2.23. The van der Waals surface area contributed by atoms with Gasteiger partial charge in [-0.3, -0.25) is 4.79 Å². The second kappa shape index (κ2) is 4.88. The van der Waals surface area contributed by atoms with E-state index in [0.29, 0.717) is 6.04 Å². The number of carbonyl (C=O) groups excluding carboxylic acids is 1. The second-order valence-electron chi connectivity index (χ2n) is 4.70. The molecule has 2 unspecified atom stereocenters. The molecule has 2 atom stereocenters. The van der Waals surface area contributed by atoms with Gasteiger partial charge in [-0.25, -0.2) is 0 Å². The molecule has 0 saturated carbocycles. The van der Waals surface area contributed by atoms with Crippen molar-refractivity contribution in [2.75, 3.05) is 18.6 Å². The van der Waals surface area contributed by atoms with Crippen LogP contribution in [0.15, 0.2) is 18.2 Å². The Kier molecular flexibility index (Phi) is 3.48. The van der Waals surface area contributed by atoms with Gasteiger partial charge in [0.15, 0.2) is 0 Å². The van der Waals surface area contributed by atoms with Crippen molar-refractivity contribution in [2.45, 2.75) is 32.4 Å². The number of nitrogens with zero attached hydrogens (tertiary/aromatic N) is 1. The average molecular weight is 233 g/mol. The maximum atomic E-state index is 10.8. The lowest BCUT2D eigenvalue weighted by molar-refractivity contribution is 0.112. The van der Waals surface area contributed by atoms with Gasteiger partial charge in [-0.1, -0.05) is 0 Å². The monoisotopic (exact) mass is 233 g/mol.